The summed E-state index contributed by atoms with van der Waals surface area (Å²) in [6.45, 7) is 7.46. The minimum atomic E-state index is 0.351. The molecule has 4 heteroatoms. The van der Waals surface area contributed by atoms with Gasteiger partial charge in [-0.25, -0.2) is 0 Å². The van der Waals surface area contributed by atoms with E-state index in [1.165, 1.54) is 37.3 Å². The topological polar surface area (TPSA) is 27.3 Å². The Labute approximate surface area is 149 Å². The van der Waals surface area contributed by atoms with E-state index in [0.717, 1.165) is 24.6 Å². The molecule has 2 N–H and O–H groups in total. The van der Waals surface area contributed by atoms with Crippen molar-refractivity contribution in [2.24, 2.45) is 0 Å². The Hall–Kier alpha value is -2.30. The van der Waals surface area contributed by atoms with Crippen molar-refractivity contribution in [2.75, 3.05) is 39.5 Å². The first-order chi connectivity index (χ1) is 12.4. The van der Waals surface area contributed by atoms with Gasteiger partial charge in [0.15, 0.2) is 11.5 Å². The number of ether oxygens (including phenoxy) is 2. The highest BCUT2D eigenvalue weighted by Gasteiger charge is 2.23. The van der Waals surface area contributed by atoms with Gasteiger partial charge in [0, 0.05) is 5.56 Å². The first kappa shape index (κ1) is 16.2. The summed E-state index contributed by atoms with van der Waals surface area (Å²) < 4.78 is 10.9. The van der Waals surface area contributed by atoms with E-state index in [1.54, 1.807) is 9.80 Å². The summed E-state index contributed by atoms with van der Waals surface area (Å²) in [6.07, 6.45) is 4.55. The predicted octanol–water partition coefficient (Wildman–Crippen LogP) is 0.412. The molecule has 25 heavy (non-hydrogen) atoms. The van der Waals surface area contributed by atoms with Crippen LogP contribution in [0.2, 0.25) is 0 Å². The molecule has 0 aromatic heterocycles. The molecule has 130 valence electrons. The number of rotatable bonds is 5. The van der Waals surface area contributed by atoms with Crippen LogP contribution in [-0.4, -0.2) is 39.5 Å². The van der Waals surface area contributed by atoms with Crippen LogP contribution in [-0.2, 0) is 6.54 Å². The van der Waals surface area contributed by atoms with Crippen molar-refractivity contribution >= 4 is 6.08 Å². The van der Waals surface area contributed by atoms with Gasteiger partial charge in [-0.2, -0.15) is 0 Å². The normalized spacial score (nSPS) is 22.4. The zero-order chi connectivity index (χ0) is 16.9. The molecule has 4 rings (SSSR count). The molecule has 0 saturated carbocycles. The molecule has 0 aliphatic carbocycles. The maximum Gasteiger partial charge on any atom is 0.231 e. The van der Waals surface area contributed by atoms with Gasteiger partial charge in [-0.05, 0) is 29.8 Å². The minimum absolute atomic E-state index is 0.351. The zero-order valence-corrected chi connectivity index (χ0v) is 14.5. The molecule has 0 radical (unpaired) electrons. The third-order valence-corrected chi connectivity index (χ3v) is 5.07. The third kappa shape index (κ3) is 4.21. The first-order valence-corrected chi connectivity index (χ1v) is 9.14. The quantitative estimate of drug-likeness (QED) is 0.827. The lowest BCUT2D eigenvalue weighted by molar-refractivity contribution is -1.02. The number of nitrogens with one attached hydrogen (secondary N) is 2. The number of hydrogen-bond acceptors (Lipinski definition) is 2. The molecule has 1 saturated heterocycles. The van der Waals surface area contributed by atoms with Crippen molar-refractivity contribution in [1.29, 1.82) is 0 Å². The van der Waals surface area contributed by atoms with Gasteiger partial charge in [0.1, 0.15) is 32.7 Å². The number of benzene rings is 2. The molecule has 2 aromatic carbocycles. The summed E-state index contributed by atoms with van der Waals surface area (Å²) in [7, 11) is 0. The molecule has 0 bridgehead atoms. The summed E-state index contributed by atoms with van der Waals surface area (Å²) >= 11 is 0. The number of hydrogen-bond donors (Lipinski definition) is 2. The number of quaternary nitrogens is 2. The molecule has 2 aliphatic rings. The van der Waals surface area contributed by atoms with Gasteiger partial charge in [-0.1, -0.05) is 36.4 Å². The molecule has 0 amide bonds. The van der Waals surface area contributed by atoms with Gasteiger partial charge in [0.25, 0.3) is 0 Å². The molecule has 0 spiro atoms. The SMILES string of the molecule is C(=C\c1ccccc1)/C[NH+]1CC[NH+](Cc2ccc3c(c2)OCO3)CC1. The molecule has 2 heterocycles. The summed E-state index contributed by atoms with van der Waals surface area (Å²) in [5.74, 6) is 1.77. The fraction of sp³-hybridized carbons (Fsp3) is 0.333. The number of fused-ring (bicyclic) bond motifs is 1. The standard InChI is InChI=1S/C21H24N2O2/c1-2-5-18(6-3-1)7-4-10-22-11-13-23(14-12-22)16-19-8-9-20-21(15-19)25-17-24-20/h1-9,15H,10-14,16-17H2/p+2/b7-4+. The van der Waals surface area contributed by atoms with E-state index in [4.69, 9.17) is 9.47 Å². The van der Waals surface area contributed by atoms with Crippen LogP contribution >= 0.6 is 0 Å². The van der Waals surface area contributed by atoms with Crippen LogP contribution in [0, 0.1) is 0 Å². The second-order valence-corrected chi connectivity index (χ2v) is 6.88. The van der Waals surface area contributed by atoms with Crippen molar-refractivity contribution in [2.45, 2.75) is 6.54 Å². The monoisotopic (exact) mass is 338 g/mol. The van der Waals surface area contributed by atoms with E-state index in [9.17, 15) is 0 Å². The maximum atomic E-state index is 5.48. The molecular weight excluding hydrogens is 312 g/mol. The second-order valence-electron chi connectivity index (χ2n) is 6.88. The fourth-order valence-corrected chi connectivity index (χ4v) is 3.60. The summed E-state index contributed by atoms with van der Waals surface area (Å²) in [6, 6.07) is 16.9. The fourth-order valence-electron chi connectivity index (χ4n) is 3.60. The summed E-state index contributed by atoms with van der Waals surface area (Å²) in [5.41, 5.74) is 2.63. The molecule has 4 nitrogen and oxygen atoms in total. The Morgan fingerprint density at radius 1 is 0.840 bits per heavy atom. The Morgan fingerprint density at radius 2 is 1.60 bits per heavy atom. The van der Waals surface area contributed by atoms with Crippen LogP contribution in [0.4, 0.5) is 0 Å². The summed E-state index contributed by atoms with van der Waals surface area (Å²) in [5, 5.41) is 0. The second kappa shape index (κ2) is 7.72. The lowest BCUT2D eigenvalue weighted by Crippen LogP contribution is -3.27. The van der Waals surface area contributed by atoms with E-state index in [-0.39, 0.29) is 0 Å². The average molecular weight is 338 g/mol. The lowest BCUT2D eigenvalue weighted by Gasteiger charge is -2.29. The van der Waals surface area contributed by atoms with Crippen LogP contribution in [0.5, 0.6) is 11.5 Å². The largest absolute Gasteiger partial charge is 0.454 e. The average Bonchev–Trinajstić information content (AvgIpc) is 3.12. The van der Waals surface area contributed by atoms with Crippen molar-refractivity contribution in [3.05, 3.63) is 65.7 Å². The van der Waals surface area contributed by atoms with E-state index >= 15 is 0 Å². The Balaban J connectivity index is 1.24. The first-order valence-electron chi connectivity index (χ1n) is 9.14. The third-order valence-electron chi connectivity index (χ3n) is 5.07. The Kier molecular flexibility index (Phi) is 5.00. The Morgan fingerprint density at radius 3 is 2.44 bits per heavy atom. The lowest BCUT2D eigenvalue weighted by atomic mass is 10.1. The maximum absolute atomic E-state index is 5.48. The molecule has 0 unspecified atom stereocenters. The molecule has 2 aliphatic heterocycles. The van der Waals surface area contributed by atoms with E-state index < -0.39 is 0 Å². The van der Waals surface area contributed by atoms with Crippen LogP contribution in [0.1, 0.15) is 11.1 Å². The van der Waals surface area contributed by atoms with Gasteiger partial charge < -0.3 is 19.3 Å². The van der Waals surface area contributed by atoms with Crippen LogP contribution < -0.4 is 19.3 Å². The zero-order valence-electron chi connectivity index (χ0n) is 14.5. The molecule has 1 fully saturated rings. The van der Waals surface area contributed by atoms with Gasteiger partial charge in [-0.15, -0.1) is 0 Å². The van der Waals surface area contributed by atoms with E-state index in [1.807, 2.05) is 6.07 Å². The predicted molar refractivity (Wildman–Crippen MR) is 98.0 cm³/mol. The molecule has 2 aromatic rings. The van der Waals surface area contributed by atoms with E-state index in [2.05, 4.69) is 54.6 Å². The molecular formula is C21H26N2O2+2. The van der Waals surface area contributed by atoms with Crippen molar-refractivity contribution in [1.82, 2.24) is 0 Å². The smallest absolute Gasteiger partial charge is 0.231 e. The molecule has 0 atom stereocenters. The summed E-state index contributed by atoms with van der Waals surface area (Å²) in [4.78, 5) is 3.34. The highest BCUT2D eigenvalue weighted by atomic mass is 16.7. The van der Waals surface area contributed by atoms with Crippen molar-refractivity contribution < 1.29 is 19.3 Å². The minimum Gasteiger partial charge on any atom is -0.454 e. The van der Waals surface area contributed by atoms with Crippen molar-refractivity contribution in [3.8, 4) is 11.5 Å². The highest BCUT2D eigenvalue weighted by Crippen LogP contribution is 2.32. The van der Waals surface area contributed by atoms with Crippen molar-refractivity contribution in [3.63, 3.8) is 0 Å². The number of piperazine rings is 1. The van der Waals surface area contributed by atoms with E-state index in [0.29, 0.717) is 6.79 Å². The van der Waals surface area contributed by atoms with Gasteiger partial charge in [0.05, 0.1) is 6.54 Å². The van der Waals surface area contributed by atoms with Gasteiger partial charge in [-0.3, -0.25) is 0 Å². The van der Waals surface area contributed by atoms with Gasteiger partial charge >= 0.3 is 0 Å². The van der Waals surface area contributed by atoms with Crippen LogP contribution in [0.3, 0.4) is 0 Å². The highest BCUT2D eigenvalue weighted by molar-refractivity contribution is 5.48. The van der Waals surface area contributed by atoms with Gasteiger partial charge in [0.2, 0.25) is 6.79 Å². The Bertz CT molecular complexity index is 722. The van der Waals surface area contributed by atoms with Crippen LogP contribution in [0.25, 0.3) is 6.08 Å². The van der Waals surface area contributed by atoms with Crippen LogP contribution in [0.15, 0.2) is 54.6 Å².